The molecule has 0 unspecified atom stereocenters. The predicted octanol–water partition coefficient (Wildman–Crippen LogP) is 4.65. The topological polar surface area (TPSA) is 57.4 Å². The second-order valence-corrected chi connectivity index (χ2v) is 5.91. The summed E-state index contributed by atoms with van der Waals surface area (Å²) in [5.74, 6) is 0. The smallest absolute Gasteiger partial charge is 0.0658 e. The summed E-state index contributed by atoms with van der Waals surface area (Å²) in [7, 11) is 0. The summed E-state index contributed by atoms with van der Waals surface area (Å²) in [6.07, 6.45) is 8.09. The Morgan fingerprint density at radius 1 is 0.480 bits per heavy atom. The van der Waals surface area contributed by atoms with Gasteiger partial charge in [-0.2, -0.15) is 0 Å². The van der Waals surface area contributed by atoms with E-state index in [0.29, 0.717) is 0 Å². The van der Waals surface area contributed by atoms with Crippen molar-refractivity contribution in [3.8, 4) is 0 Å². The minimum atomic E-state index is 0. The van der Waals surface area contributed by atoms with Crippen LogP contribution in [-0.4, -0.2) is 19.9 Å². The van der Waals surface area contributed by atoms with Crippen LogP contribution in [0.5, 0.6) is 0 Å². The first-order valence-corrected chi connectivity index (χ1v) is 7.85. The summed E-state index contributed by atoms with van der Waals surface area (Å²) in [4.78, 5) is 16.0. The molecule has 0 saturated carbocycles. The van der Waals surface area contributed by atoms with Crippen molar-refractivity contribution in [3.63, 3.8) is 0 Å². The zero-order chi connectivity index (χ0) is 15.9. The Labute approximate surface area is 154 Å². The number of aromatic amines is 2. The first kappa shape index (κ1) is 15.6. The second-order valence-electron chi connectivity index (χ2n) is 5.91. The number of nitrogens with zero attached hydrogens (tertiary/aromatic N) is 2. The minimum Gasteiger partial charge on any atom is -0.355 e. The van der Waals surface area contributed by atoms with Crippen molar-refractivity contribution in [3.05, 3.63) is 71.3 Å². The van der Waals surface area contributed by atoms with Gasteiger partial charge in [0.05, 0.1) is 22.8 Å². The van der Waals surface area contributed by atoms with Gasteiger partial charge in [0.2, 0.25) is 0 Å². The molecule has 0 fully saturated rings. The van der Waals surface area contributed by atoms with E-state index in [2.05, 4.69) is 44.2 Å². The van der Waals surface area contributed by atoms with Crippen LogP contribution in [0.3, 0.4) is 0 Å². The molecule has 0 saturated heterocycles. The van der Waals surface area contributed by atoms with Crippen LogP contribution in [0.25, 0.3) is 46.4 Å². The van der Waals surface area contributed by atoms with Gasteiger partial charge in [-0.1, -0.05) is 0 Å². The number of hydrogen-bond acceptors (Lipinski definition) is 2. The quantitative estimate of drug-likeness (QED) is 0.392. The number of rotatable bonds is 0. The van der Waals surface area contributed by atoms with Gasteiger partial charge >= 0.3 is 0 Å². The summed E-state index contributed by atoms with van der Waals surface area (Å²) in [6, 6.07) is 16.4. The third kappa shape index (κ3) is 3.20. The van der Waals surface area contributed by atoms with Crippen LogP contribution in [0.4, 0.5) is 0 Å². The third-order valence-electron chi connectivity index (χ3n) is 4.04. The molecule has 0 atom stereocenters. The Hall–Kier alpha value is -2.88. The molecule has 2 aliphatic rings. The Morgan fingerprint density at radius 3 is 1.04 bits per heavy atom. The molecule has 5 rings (SSSR count). The van der Waals surface area contributed by atoms with E-state index in [1.807, 2.05) is 48.6 Å². The summed E-state index contributed by atoms with van der Waals surface area (Å²) in [5, 5.41) is 0. The molecule has 0 radical (unpaired) electrons. The zero-order valence-corrected chi connectivity index (χ0v) is 14.3. The fourth-order valence-electron chi connectivity index (χ4n) is 2.94. The Morgan fingerprint density at radius 2 is 0.760 bits per heavy atom. The molecule has 3 aromatic rings. The van der Waals surface area contributed by atoms with Gasteiger partial charge in [0.1, 0.15) is 0 Å². The van der Waals surface area contributed by atoms with Crippen LogP contribution in [0.1, 0.15) is 22.8 Å². The molecule has 5 heteroatoms. The van der Waals surface area contributed by atoms with Crippen LogP contribution >= 0.6 is 0 Å². The zero-order valence-electron chi connectivity index (χ0n) is 13.2. The molecule has 122 valence electrons. The van der Waals surface area contributed by atoms with Gasteiger partial charge in [-0.25, -0.2) is 9.97 Å². The molecule has 0 aromatic carbocycles. The standard InChI is InChI=1S/C20H14N4.Fe/c1-2-14-10-16-5-6-18(23-16)12-20-8-7-19(24-20)11-17-4-3-15(22-17)9-13(1)21-14;/h1-12,21,24H;. The van der Waals surface area contributed by atoms with Crippen molar-refractivity contribution >= 4 is 46.4 Å². The van der Waals surface area contributed by atoms with Crippen molar-refractivity contribution < 1.29 is 17.1 Å². The predicted molar refractivity (Wildman–Crippen MR) is 98.9 cm³/mol. The molecule has 0 aliphatic carbocycles. The van der Waals surface area contributed by atoms with E-state index < -0.39 is 0 Å². The fraction of sp³-hybridized carbons (Fsp3) is 0. The maximum absolute atomic E-state index is 4.63. The van der Waals surface area contributed by atoms with Crippen molar-refractivity contribution in [2.75, 3.05) is 0 Å². The molecular formula is C20H14FeN4. The molecule has 0 spiro atoms. The van der Waals surface area contributed by atoms with E-state index in [4.69, 9.17) is 0 Å². The monoisotopic (exact) mass is 366 g/mol. The second kappa shape index (κ2) is 6.20. The maximum Gasteiger partial charge on any atom is 0.0658 e. The summed E-state index contributed by atoms with van der Waals surface area (Å²) >= 11 is 0. The van der Waals surface area contributed by atoms with Crippen molar-refractivity contribution in [2.45, 2.75) is 0 Å². The number of hydrogen-bond donors (Lipinski definition) is 2. The Kier molecular flexibility index (Phi) is 3.88. The SMILES string of the molecule is C1=Cc2cc3ccc(cc4nc(cc5ccc(cc1n2)[nH]5)C=C4)[nH]3.[Fe]. The van der Waals surface area contributed by atoms with Crippen molar-refractivity contribution in [1.82, 2.24) is 19.9 Å². The first-order chi connectivity index (χ1) is 11.8. The third-order valence-corrected chi connectivity index (χ3v) is 4.04. The van der Waals surface area contributed by atoms with Crippen molar-refractivity contribution in [2.24, 2.45) is 0 Å². The van der Waals surface area contributed by atoms with E-state index in [9.17, 15) is 0 Å². The van der Waals surface area contributed by atoms with Gasteiger partial charge in [-0.3, -0.25) is 0 Å². The average molecular weight is 366 g/mol. The molecule has 4 nitrogen and oxygen atoms in total. The largest absolute Gasteiger partial charge is 0.355 e. The molecule has 2 aliphatic heterocycles. The first-order valence-electron chi connectivity index (χ1n) is 7.85. The molecule has 2 N–H and O–H groups in total. The number of aromatic nitrogens is 4. The van der Waals surface area contributed by atoms with Gasteiger partial charge in [-0.15, -0.1) is 0 Å². The molecular weight excluding hydrogens is 352 g/mol. The molecule has 3 aromatic heterocycles. The number of nitrogens with one attached hydrogen (secondary N) is 2. The summed E-state index contributed by atoms with van der Waals surface area (Å²) in [5.41, 5.74) is 7.86. The number of fused-ring (bicyclic) bond motifs is 8. The molecule has 8 bridgehead atoms. The van der Waals surface area contributed by atoms with Crippen LogP contribution in [0.2, 0.25) is 0 Å². The average Bonchev–Trinajstić information content (AvgIpc) is 3.32. The van der Waals surface area contributed by atoms with Crippen LogP contribution in [0.15, 0.2) is 48.5 Å². The van der Waals surface area contributed by atoms with Crippen LogP contribution in [0, 0.1) is 0 Å². The summed E-state index contributed by atoms with van der Waals surface area (Å²) < 4.78 is 0. The van der Waals surface area contributed by atoms with E-state index in [-0.39, 0.29) is 17.1 Å². The van der Waals surface area contributed by atoms with Gasteiger partial charge in [-0.05, 0) is 72.8 Å². The Balaban J connectivity index is 0.00000157. The van der Waals surface area contributed by atoms with Gasteiger partial charge in [0.15, 0.2) is 0 Å². The van der Waals surface area contributed by atoms with E-state index in [1.54, 1.807) is 0 Å². The number of H-pyrrole nitrogens is 2. The Bertz CT molecular complexity index is 990. The maximum atomic E-state index is 4.63. The minimum absolute atomic E-state index is 0. The van der Waals surface area contributed by atoms with Crippen LogP contribution < -0.4 is 0 Å². The molecule has 5 heterocycles. The van der Waals surface area contributed by atoms with E-state index in [0.717, 1.165) is 44.8 Å². The normalized spacial score (nSPS) is 12.2. The van der Waals surface area contributed by atoms with Crippen molar-refractivity contribution in [1.29, 1.82) is 0 Å². The van der Waals surface area contributed by atoms with E-state index in [1.165, 1.54) is 0 Å². The molecule has 0 amide bonds. The van der Waals surface area contributed by atoms with Crippen LogP contribution in [-0.2, 0) is 17.1 Å². The van der Waals surface area contributed by atoms with Gasteiger partial charge < -0.3 is 9.97 Å². The molecule has 25 heavy (non-hydrogen) atoms. The fourth-order valence-corrected chi connectivity index (χ4v) is 2.94. The summed E-state index contributed by atoms with van der Waals surface area (Å²) in [6.45, 7) is 0. The van der Waals surface area contributed by atoms with Gasteiger partial charge in [0, 0.05) is 39.1 Å². The van der Waals surface area contributed by atoms with Gasteiger partial charge in [0.25, 0.3) is 0 Å². The van der Waals surface area contributed by atoms with E-state index >= 15 is 0 Å².